The summed E-state index contributed by atoms with van der Waals surface area (Å²) in [5.41, 5.74) is 2.61. The Labute approximate surface area is 161 Å². The molecule has 3 aromatic carbocycles. The Kier molecular flexibility index (Phi) is 6.13. The van der Waals surface area contributed by atoms with Crippen LogP contribution in [0.15, 0.2) is 89.1 Å². The van der Waals surface area contributed by atoms with Crippen LogP contribution in [-0.4, -0.2) is 17.0 Å². The molecule has 3 aromatic rings. The summed E-state index contributed by atoms with van der Waals surface area (Å²) in [6.45, 7) is 0. The van der Waals surface area contributed by atoms with Crippen molar-refractivity contribution in [2.75, 3.05) is 0 Å². The van der Waals surface area contributed by atoms with Gasteiger partial charge in [-0.05, 0) is 54.1 Å². The molecule has 134 valence electrons. The zero-order valence-electron chi connectivity index (χ0n) is 14.3. The van der Waals surface area contributed by atoms with Crippen LogP contribution in [0.2, 0.25) is 5.02 Å². The lowest BCUT2D eigenvalue weighted by Crippen LogP contribution is -1.96. The van der Waals surface area contributed by atoms with E-state index in [1.807, 2.05) is 24.3 Å². The first-order chi connectivity index (χ1) is 13.1. The van der Waals surface area contributed by atoms with E-state index >= 15 is 0 Å². The van der Waals surface area contributed by atoms with Crippen molar-refractivity contribution in [1.29, 1.82) is 0 Å². The molecule has 0 saturated carbocycles. The number of para-hydroxylation sites is 1. The van der Waals surface area contributed by atoms with E-state index in [4.69, 9.17) is 11.6 Å². The van der Waals surface area contributed by atoms with Gasteiger partial charge >= 0.3 is 0 Å². The first-order valence-electron chi connectivity index (χ1n) is 8.21. The molecule has 0 saturated heterocycles. The number of hydrogen-bond donors (Lipinski definition) is 1. The molecule has 5 heteroatoms. The quantitative estimate of drug-likeness (QED) is 0.447. The Morgan fingerprint density at radius 2 is 1.56 bits per heavy atom. The number of phenols is 1. The van der Waals surface area contributed by atoms with Gasteiger partial charge in [-0.3, -0.25) is 0 Å². The van der Waals surface area contributed by atoms with E-state index in [9.17, 15) is 9.50 Å². The Morgan fingerprint density at radius 3 is 2.26 bits per heavy atom. The molecule has 0 fully saturated rings. The molecule has 0 aliphatic heterocycles. The molecule has 0 aliphatic rings. The van der Waals surface area contributed by atoms with Crippen LogP contribution < -0.4 is 0 Å². The molecule has 0 unspecified atom stereocenters. The van der Waals surface area contributed by atoms with Gasteiger partial charge in [-0.2, -0.15) is 10.2 Å². The molecule has 3 nitrogen and oxygen atoms in total. The first kappa shape index (κ1) is 18.5. The molecule has 0 radical (unpaired) electrons. The summed E-state index contributed by atoms with van der Waals surface area (Å²) in [6, 6.07) is 20.2. The fourth-order valence-electron chi connectivity index (χ4n) is 2.34. The maximum Gasteiger partial charge on any atom is 0.124 e. The average molecular weight is 379 g/mol. The lowest BCUT2D eigenvalue weighted by Gasteiger charge is -2.01. The van der Waals surface area contributed by atoms with Gasteiger partial charge in [0.15, 0.2) is 0 Å². The number of halogens is 2. The van der Waals surface area contributed by atoms with Gasteiger partial charge in [-0.1, -0.05) is 48.0 Å². The summed E-state index contributed by atoms with van der Waals surface area (Å²) in [5, 5.41) is 18.7. The van der Waals surface area contributed by atoms with Crippen molar-refractivity contribution in [3.05, 3.63) is 106 Å². The van der Waals surface area contributed by atoms with Gasteiger partial charge in [0, 0.05) is 16.1 Å². The summed E-state index contributed by atoms with van der Waals surface area (Å²) in [5.74, 6) is -0.211. The SMILES string of the molecule is Oc1ccccc1/C=N/N=C(\C=C/c1ccccc1Cl)c1ccc(F)cc1. The largest absolute Gasteiger partial charge is 0.507 e. The van der Waals surface area contributed by atoms with E-state index in [1.165, 1.54) is 18.3 Å². The Balaban J connectivity index is 1.93. The van der Waals surface area contributed by atoms with Gasteiger partial charge in [-0.25, -0.2) is 4.39 Å². The minimum absolute atomic E-state index is 0.117. The lowest BCUT2D eigenvalue weighted by atomic mass is 10.1. The molecule has 3 rings (SSSR count). The second-order valence-electron chi connectivity index (χ2n) is 5.65. The molecule has 0 bridgehead atoms. The third-order valence-corrected chi connectivity index (χ3v) is 4.11. The Bertz CT molecular complexity index is 1010. The zero-order valence-corrected chi connectivity index (χ0v) is 15.0. The highest BCUT2D eigenvalue weighted by Crippen LogP contribution is 2.17. The number of nitrogens with zero attached hydrogens (tertiary/aromatic N) is 2. The highest BCUT2D eigenvalue weighted by atomic mass is 35.5. The molecule has 1 N–H and O–H groups in total. The van der Waals surface area contributed by atoms with E-state index in [1.54, 1.807) is 48.5 Å². The molecule has 0 heterocycles. The molecule has 0 aliphatic carbocycles. The first-order valence-corrected chi connectivity index (χ1v) is 8.59. The smallest absolute Gasteiger partial charge is 0.124 e. The highest BCUT2D eigenvalue weighted by molar-refractivity contribution is 6.32. The van der Waals surface area contributed by atoms with E-state index < -0.39 is 0 Å². The number of hydrogen-bond acceptors (Lipinski definition) is 3. The number of rotatable bonds is 5. The fraction of sp³-hybridized carbons (Fsp3) is 0. The topological polar surface area (TPSA) is 45.0 Å². The average Bonchev–Trinajstić information content (AvgIpc) is 2.68. The Morgan fingerprint density at radius 1 is 0.889 bits per heavy atom. The monoisotopic (exact) mass is 378 g/mol. The van der Waals surface area contributed by atoms with Crippen molar-refractivity contribution in [2.45, 2.75) is 0 Å². The highest BCUT2D eigenvalue weighted by Gasteiger charge is 2.02. The third-order valence-electron chi connectivity index (χ3n) is 3.77. The van der Waals surface area contributed by atoms with E-state index in [-0.39, 0.29) is 11.6 Å². The second kappa shape index (κ2) is 8.92. The molecule has 0 spiro atoms. The van der Waals surface area contributed by atoms with E-state index in [2.05, 4.69) is 10.2 Å². The summed E-state index contributed by atoms with van der Waals surface area (Å²) in [4.78, 5) is 0. The van der Waals surface area contributed by atoms with Gasteiger partial charge in [-0.15, -0.1) is 0 Å². The predicted molar refractivity (Wildman–Crippen MR) is 109 cm³/mol. The van der Waals surface area contributed by atoms with Crippen LogP contribution in [-0.2, 0) is 0 Å². The minimum Gasteiger partial charge on any atom is -0.507 e. The minimum atomic E-state index is -0.328. The normalized spacial score (nSPS) is 12.1. The second-order valence-corrected chi connectivity index (χ2v) is 6.06. The van der Waals surface area contributed by atoms with Crippen LogP contribution in [0.5, 0.6) is 5.75 Å². The van der Waals surface area contributed by atoms with Crippen molar-refractivity contribution in [3.8, 4) is 5.75 Å². The standard InChI is InChI=1S/C22H16ClFN2O/c23-20-7-3-1-5-16(20)11-14-21(17-9-12-19(24)13-10-17)26-25-15-18-6-2-4-8-22(18)27/h1-15,27H/b14-11-,25-15+,26-21+. The van der Waals surface area contributed by atoms with Crippen molar-refractivity contribution in [2.24, 2.45) is 10.2 Å². The van der Waals surface area contributed by atoms with Gasteiger partial charge in [0.05, 0.1) is 11.9 Å². The number of aromatic hydroxyl groups is 1. The third kappa shape index (κ3) is 5.12. The molecule has 0 atom stereocenters. The lowest BCUT2D eigenvalue weighted by molar-refractivity contribution is 0.474. The van der Waals surface area contributed by atoms with Crippen molar-refractivity contribution in [1.82, 2.24) is 0 Å². The van der Waals surface area contributed by atoms with Crippen LogP contribution in [0.4, 0.5) is 4.39 Å². The van der Waals surface area contributed by atoms with Crippen molar-refractivity contribution in [3.63, 3.8) is 0 Å². The Hall–Kier alpha value is -3.24. The summed E-state index contributed by atoms with van der Waals surface area (Å²) < 4.78 is 13.2. The zero-order chi connectivity index (χ0) is 19.1. The van der Waals surface area contributed by atoms with Gasteiger partial charge < -0.3 is 5.11 Å². The van der Waals surface area contributed by atoms with E-state index in [0.29, 0.717) is 21.9 Å². The molecule has 27 heavy (non-hydrogen) atoms. The maximum atomic E-state index is 13.2. The van der Waals surface area contributed by atoms with Crippen molar-refractivity contribution < 1.29 is 9.50 Å². The van der Waals surface area contributed by atoms with Crippen LogP contribution in [0, 0.1) is 5.82 Å². The van der Waals surface area contributed by atoms with Crippen LogP contribution >= 0.6 is 11.6 Å². The maximum absolute atomic E-state index is 13.2. The molecular formula is C22H16ClFN2O. The van der Waals surface area contributed by atoms with Crippen LogP contribution in [0.3, 0.4) is 0 Å². The number of allylic oxidation sites excluding steroid dienone is 1. The van der Waals surface area contributed by atoms with Gasteiger partial charge in [0.1, 0.15) is 11.6 Å². The fourth-order valence-corrected chi connectivity index (χ4v) is 2.54. The summed E-state index contributed by atoms with van der Waals surface area (Å²) in [7, 11) is 0. The predicted octanol–water partition coefficient (Wildman–Crippen LogP) is 5.72. The number of benzene rings is 3. The molecule has 0 amide bonds. The van der Waals surface area contributed by atoms with Crippen molar-refractivity contribution >= 4 is 29.6 Å². The van der Waals surface area contributed by atoms with Crippen LogP contribution in [0.25, 0.3) is 6.08 Å². The molecular weight excluding hydrogens is 363 g/mol. The van der Waals surface area contributed by atoms with Gasteiger partial charge in [0.25, 0.3) is 0 Å². The summed E-state index contributed by atoms with van der Waals surface area (Å²) >= 11 is 6.18. The van der Waals surface area contributed by atoms with Gasteiger partial charge in [0.2, 0.25) is 0 Å². The summed E-state index contributed by atoms with van der Waals surface area (Å²) in [6.07, 6.45) is 5.04. The molecule has 0 aromatic heterocycles. The van der Waals surface area contributed by atoms with E-state index in [0.717, 1.165) is 5.56 Å². The number of phenolic OH excluding ortho intramolecular Hbond substituents is 1. The van der Waals surface area contributed by atoms with Crippen LogP contribution in [0.1, 0.15) is 16.7 Å².